The Morgan fingerprint density at radius 2 is 1.88 bits per heavy atom. The van der Waals surface area contributed by atoms with Crippen LogP contribution in [-0.2, 0) is 6.54 Å². The fourth-order valence-corrected chi connectivity index (χ4v) is 3.14. The highest BCUT2D eigenvalue weighted by molar-refractivity contribution is 14.0. The zero-order valence-corrected chi connectivity index (χ0v) is 18.6. The molecule has 6 heteroatoms. The monoisotopic (exact) mass is 472 g/mol. The number of nitrogens with one attached hydrogen (secondary N) is 2. The van der Waals surface area contributed by atoms with Crippen molar-refractivity contribution in [2.24, 2.45) is 4.99 Å². The molecule has 0 fully saturated rings. The molecule has 0 aliphatic heterocycles. The fourth-order valence-electron chi connectivity index (χ4n) is 2.48. The highest BCUT2D eigenvalue weighted by Crippen LogP contribution is 2.17. The van der Waals surface area contributed by atoms with E-state index in [0.717, 1.165) is 19.0 Å². The lowest BCUT2D eigenvalue weighted by atomic mass is 10.0. The standard InChI is InChI=1S/C19H28N4S.HI/c1-5-20-19(21-12-16-10-11-24-14-16)22-13-18(23(3)4)17-8-6-15(2)7-9-17;/h6-11,14,18H,5,12-13H2,1-4H3,(H2,20,21,22);1H. The van der Waals surface area contributed by atoms with Gasteiger partial charge in [0.05, 0.1) is 12.6 Å². The van der Waals surface area contributed by atoms with E-state index >= 15 is 0 Å². The van der Waals surface area contributed by atoms with Crippen LogP contribution in [0, 0.1) is 6.92 Å². The quantitative estimate of drug-likeness (QED) is 0.363. The predicted octanol–water partition coefficient (Wildman–Crippen LogP) is 4.03. The van der Waals surface area contributed by atoms with Crippen LogP contribution in [-0.4, -0.2) is 38.0 Å². The first-order valence-electron chi connectivity index (χ1n) is 8.36. The molecule has 0 aliphatic carbocycles. The SMILES string of the molecule is CCNC(=NCc1ccsc1)NCC(c1ccc(C)cc1)N(C)C.I. The molecule has 1 atom stereocenters. The number of halogens is 1. The second kappa shape index (κ2) is 11.5. The van der Waals surface area contributed by atoms with Crippen LogP contribution < -0.4 is 10.6 Å². The van der Waals surface area contributed by atoms with Gasteiger partial charge in [-0.2, -0.15) is 11.3 Å². The van der Waals surface area contributed by atoms with Crippen molar-refractivity contribution in [3.8, 4) is 0 Å². The number of nitrogens with zero attached hydrogens (tertiary/aromatic N) is 2. The molecular weight excluding hydrogens is 443 g/mol. The largest absolute Gasteiger partial charge is 0.357 e. The molecule has 1 aromatic heterocycles. The Morgan fingerprint density at radius 1 is 1.16 bits per heavy atom. The average molecular weight is 472 g/mol. The van der Waals surface area contributed by atoms with Crippen molar-refractivity contribution in [3.05, 3.63) is 57.8 Å². The van der Waals surface area contributed by atoms with E-state index in [1.165, 1.54) is 16.7 Å². The van der Waals surface area contributed by atoms with Crippen molar-refractivity contribution in [3.63, 3.8) is 0 Å². The lowest BCUT2D eigenvalue weighted by Crippen LogP contribution is -2.41. The fraction of sp³-hybridized carbons (Fsp3) is 0.421. The van der Waals surface area contributed by atoms with E-state index in [0.29, 0.717) is 12.6 Å². The summed E-state index contributed by atoms with van der Waals surface area (Å²) < 4.78 is 0. The Balaban J connectivity index is 0.00000312. The first kappa shape index (κ1) is 21.9. The van der Waals surface area contributed by atoms with Gasteiger partial charge in [-0.05, 0) is 55.9 Å². The number of guanidine groups is 1. The van der Waals surface area contributed by atoms with Crippen LogP contribution in [0.15, 0.2) is 46.1 Å². The maximum Gasteiger partial charge on any atom is 0.191 e. The van der Waals surface area contributed by atoms with Crippen LogP contribution >= 0.6 is 35.3 Å². The van der Waals surface area contributed by atoms with Gasteiger partial charge in [0.2, 0.25) is 0 Å². The third-order valence-electron chi connectivity index (χ3n) is 3.89. The molecule has 0 saturated heterocycles. The molecule has 0 saturated carbocycles. The Bertz CT molecular complexity index is 623. The smallest absolute Gasteiger partial charge is 0.191 e. The van der Waals surface area contributed by atoms with Crippen LogP contribution in [0.25, 0.3) is 0 Å². The maximum absolute atomic E-state index is 4.68. The Morgan fingerprint density at radius 3 is 2.44 bits per heavy atom. The minimum absolute atomic E-state index is 0. The summed E-state index contributed by atoms with van der Waals surface area (Å²) in [6, 6.07) is 11.2. The third-order valence-corrected chi connectivity index (χ3v) is 4.62. The van der Waals surface area contributed by atoms with Gasteiger partial charge in [-0.25, -0.2) is 4.99 Å². The highest BCUT2D eigenvalue weighted by Gasteiger charge is 2.14. The van der Waals surface area contributed by atoms with E-state index in [2.05, 4.69) is 89.6 Å². The normalized spacial score (nSPS) is 12.6. The number of hydrogen-bond donors (Lipinski definition) is 2. The molecule has 0 amide bonds. The third kappa shape index (κ3) is 7.33. The van der Waals surface area contributed by atoms with Crippen LogP contribution in [0.1, 0.15) is 29.7 Å². The number of aryl methyl sites for hydroxylation is 1. The van der Waals surface area contributed by atoms with E-state index in [1.807, 2.05) is 0 Å². The Labute approximate surface area is 172 Å². The van der Waals surface area contributed by atoms with E-state index in [1.54, 1.807) is 11.3 Å². The van der Waals surface area contributed by atoms with E-state index in [9.17, 15) is 0 Å². The number of rotatable bonds is 7. The van der Waals surface area contributed by atoms with E-state index < -0.39 is 0 Å². The number of thiophene rings is 1. The Hall–Kier alpha value is -1.12. The molecule has 25 heavy (non-hydrogen) atoms. The minimum Gasteiger partial charge on any atom is -0.357 e. The first-order chi connectivity index (χ1) is 11.6. The van der Waals surface area contributed by atoms with Gasteiger partial charge in [0, 0.05) is 13.1 Å². The molecular formula is C19H29IN4S. The Kier molecular flexibility index (Phi) is 10.1. The van der Waals surface area contributed by atoms with Crippen LogP contribution in [0.3, 0.4) is 0 Å². The molecule has 4 nitrogen and oxygen atoms in total. The second-order valence-electron chi connectivity index (χ2n) is 6.10. The van der Waals surface area contributed by atoms with Gasteiger partial charge in [-0.3, -0.25) is 0 Å². The number of hydrogen-bond acceptors (Lipinski definition) is 3. The summed E-state index contributed by atoms with van der Waals surface area (Å²) >= 11 is 1.71. The summed E-state index contributed by atoms with van der Waals surface area (Å²) in [6.07, 6.45) is 0. The van der Waals surface area contributed by atoms with Crippen molar-refractivity contribution in [1.29, 1.82) is 0 Å². The summed E-state index contributed by atoms with van der Waals surface area (Å²) in [5.74, 6) is 0.864. The topological polar surface area (TPSA) is 39.7 Å². The molecule has 2 N–H and O–H groups in total. The number of aliphatic imine (C=N–C) groups is 1. The maximum atomic E-state index is 4.68. The second-order valence-corrected chi connectivity index (χ2v) is 6.88. The molecule has 1 unspecified atom stereocenters. The summed E-state index contributed by atoms with van der Waals surface area (Å²) in [7, 11) is 4.23. The molecule has 0 aliphatic rings. The predicted molar refractivity (Wildman–Crippen MR) is 120 cm³/mol. The summed E-state index contributed by atoms with van der Waals surface area (Å²) in [5, 5.41) is 11.0. The van der Waals surface area contributed by atoms with Crippen molar-refractivity contribution in [2.45, 2.75) is 26.4 Å². The van der Waals surface area contributed by atoms with Gasteiger partial charge in [0.1, 0.15) is 0 Å². The highest BCUT2D eigenvalue weighted by atomic mass is 127. The molecule has 0 spiro atoms. The molecule has 0 bridgehead atoms. The van der Waals surface area contributed by atoms with Gasteiger partial charge >= 0.3 is 0 Å². The van der Waals surface area contributed by atoms with Crippen LogP contribution in [0.2, 0.25) is 0 Å². The van der Waals surface area contributed by atoms with Crippen LogP contribution in [0.5, 0.6) is 0 Å². The summed E-state index contributed by atoms with van der Waals surface area (Å²) in [5.41, 5.74) is 3.85. The van der Waals surface area contributed by atoms with E-state index in [-0.39, 0.29) is 24.0 Å². The molecule has 0 radical (unpaired) electrons. The van der Waals surface area contributed by atoms with Gasteiger partial charge in [-0.1, -0.05) is 29.8 Å². The van der Waals surface area contributed by atoms with Gasteiger partial charge in [0.25, 0.3) is 0 Å². The van der Waals surface area contributed by atoms with Crippen molar-refractivity contribution >= 4 is 41.3 Å². The summed E-state index contributed by atoms with van der Waals surface area (Å²) in [6.45, 7) is 6.58. The lowest BCUT2D eigenvalue weighted by molar-refractivity contribution is 0.298. The lowest BCUT2D eigenvalue weighted by Gasteiger charge is -2.26. The van der Waals surface area contributed by atoms with Gasteiger partial charge in [0.15, 0.2) is 5.96 Å². The molecule has 2 rings (SSSR count). The van der Waals surface area contributed by atoms with Crippen molar-refractivity contribution in [1.82, 2.24) is 15.5 Å². The van der Waals surface area contributed by atoms with E-state index in [4.69, 9.17) is 0 Å². The first-order valence-corrected chi connectivity index (χ1v) is 9.30. The van der Waals surface area contributed by atoms with Crippen molar-refractivity contribution in [2.75, 3.05) is 27.2 Å². The molecule has 2 aromatic rings. The molecule has 138 valence electrons. The average Bonchev–Trinajstić information content (AvgIpc) is 3.07. The number of benzene rings is 1. The van der Waals surface area contributed by atoms with Gasteiger partial charge in [-0.15, -0.1) is 24.0 Å². The van der Waals surface area contributed by atoms with Gasteiger partial charge < -0.3 is 15.5 Å². The summed E-state index contributed by atoms with van der Waals surface area (Å²) in [4.78, 5) is 6.91. The number of likely N-dealkylation sites (N-methyl/N-ethyl adjacent to an activating group) is 1. The van der Waals surface area contributed by atoms with Crippen LogP contribution in [0.4, 0.5) is 0 Å². The zero-order valence-electron chi connectivity index (χ0n) is 15.5. The molecule has 1 heterocycles. The molecule has 1 aromatic carbocycles. The zero-order chi connectivity index (χ0) is 17.4. The minimum atomic E-state index is 0. The van der Waals surface area contributed by atoms with Crippen molar-refractivity contribution < 1.29 is 0 Å².